The van der Waals surface area contributed by atoms with Crippen LogP contribution in [0.2, 0.25) is 0 Å². The molecule has 0 amide bonds. The summed E-state index contributed by atoms with van der Waals surface area (Å²) in [5, 5.41) is 4.11. The predicted octanol–water partition coefficient (Wildman–Crippen LogP) is 1.09. The maximum absolute atomic E-state index is 13.6. The van der Waals surface area contributed by atoms with E-state index in [0.717, 1.165) is 0 Å². The molecular weight excluding hydrogens is 235 g/mol. The van der Waals surface area contributed by atoms with Crippen molar-refractivity contribution < 1.29 is 4.39 Å². The Balaban J connectivity index is 2.26. The summed E-state index contributed by atoms with van der Waals surface area (Å²) in [4.78, 5) is 8.03. The van der Waals surface area contributed by atoms with Crippen LogP contribution in [0.15, 0.2) is 30.6 Å². The van der Waals surface area contributed by atoms with Gasteiger partial charge in [0.1, 0.15) is 17.8 Å². The Hall–Kier alpha value is -2.70. The molecule has 0 radical (unpaired) electrons. The summed E-state index contributed by atoms with van der Waals surface area (Å²) in [6.45, 7) is 0. The second-order valence-electron chi connectivity index (χ2n) is 3.73. The topological polar surface area (TPSA) is 95.1 Å². The molecule has 0 unspecified atom stereocenters. The molecule has 0 aliphatic rings. The van der Waals surface area contributed by atoms with Crippen LogP contribution in [-0.4, -0.2) is 19.6 Å². The highest BCUT2D eigenvalue weighted by molar-refractivity contribution is 5.76. The summed E-state index contributed by atoms with van der Waals surface area (Å²) >= 11 is 0. The number of rotatable bonds is 1. The van der Waals surface area contributed by atoms with E-state index in [0.29, 0.717) is 11.2 Å². The van der Waals surface area contributed by atoms with Gasteiger partial charge in [0.2, 0.25) is 0 Å². The Morgan fingerprint density at radius 1 is 1.17 bits per heavy atom. The maximum Gasteiger partial charge on any atom is 0.185 e. The molecule has 0 saturated carbocycles. The standard InChI is InChI=1S/C11H9FN6/c12-7-4-2-1-3-6(7)10-16-11-8(13)9(14)15-5-18(11)17-10/h1-5H,13-14H2. The van der Waals surface area contributed by atoms with Crippen molar-refractivity contribution in [2.75, 3.05) is 11.5 Å². The van der Waals surface area contributed by atoms with E-state index >= 15 is 0 Å². The zero-order valence-electron chi connectivity index (χ0n) is 9.21. The highest BCUT2D eigenvalue weighted by atomic mass is 19.1. The van der Waals surface area contributed by atoms with Crippen molar-refractivity contribution in [3.8, 4) is 11.4 Å². The molecule has 0 aliphatic heterocycles. The molecule has 1 aromatic carbocycles. The lowest BCUT2D eigenvalue weighted by Crippen LogP contribution is -2.02. The van der Waals surface area contributed by atoms with Crippen LogP contribution in [0, 0.1) is 5.82 Å². The molecular formula is C11H9FN6. The van der Waals surface area contributed by atoms with Crippen molar-refractivity contribution in [1.82, 2.24) is 19.6 Å². The van der Waals surface area contributed by atoms with Gasteiger partial charge in [0, 0.05) is 0 Å². The summed E-state index contributed by atoms with van der Waals surface area (Å²) in [5.74, 6) is 0.0232. The number of hydrogen-bond acceptors (Lipinski definition) is 5. The number of nitrogen functional groups attached to an aromatic ring is 2. The van der Waals surface area contributed by atoms with Gasteiger partial charge in [0.05, 0.1) is 5.56 Å². The second kappa shape index (κ2) is 3.66. The molecule has 3 aromatic rings. The van der Waals surface area contributed by atoms with E-state index in [2.05, 4.69) is 15.1 Å². The summed E-state index contributed by atoms with van der Waals surface area (Å²) < 4.78 is 15.0. The van der Waals surface area contributed by atoms with Crippen LogP contribution in [0.1, 0.15) is 0 Å². The molecule has 0 atom stereocenters. The fourth-order valence-corrected chi connectivity index (χ4v) is 1.65. The minimum Gasteiger partial charge on any atom is -0.393 e. The summed E-state index contributed by atoms with van der Waals surface area (Å²) in [5.41, 5.74) is 12.2. The van der Waals surface area contributed by atoms with Crippen LogP contribution < -0.4 is 11.5 Å². The van der Waals surface area contributed by atoms with Gasteiger partial charge in [0.25, 0.3) is 0 Å². The zero-order valence-corrected chi connectivity index (χ0v) is 9.21. The van der Waals surface area contributed by atoms with Gasteiger partial charge in [-0.15, -0.1) is 5.10 Å². The smallest absolute Gasteiger partial charge is 0.185 e. The Morgan fingerprint density at radius 3 is 2.72 bits per heavy atom. The van der Waals surface area contributed by atoms with Gasteiger partial charge in [0.15, 0.2) is 17.3 Å². The van der Waals surface area contributed by atoms with E-state index in [1.165, 1.54) is 16.9 Å². The fourth-order valence-electron chi connectivity index (χ4n) is 1.65. The molecule has 7 heteroatoms. The van der Waals surface area contributed by atoms with E-state index in [1.54, 1.807) is 18.2 Å². The van der Waals surface area contributed by atoms with Crippen molar-refractivity contribution >= 4 is 17.2 Å². The SMILES string of the molecule is Nc1ncn2nc(-c3ccccc3F)nc2c1N. The van der Waals surface area contributed by atoms with Crippen LogP contribution in [-0.2, 0) is 0 Å². The third-order valence-electron chi connectivity index (χ3n) is 2.57. The third-order valence-corrected chi connectivity index (χ3v) is 2.57. The van der Waals surface area contributed by atoms with Crippen molar-refractivity contribution in [3.05, 3.63) is 36.4 Å². The Labute approximate surface area is 101 Å². The average molecular weight is 244 g/mol. The van der Waals surface area contributed by atoms with Gasteiger partial charge in [-0.2, -0.15) is 4.52 Å². The monoisotopic (exact) mass is 244 g/mol. The summed E-state index contributed by atoms with van der Waals surface area (Å²) in [7, 11) is 0. The minimum absolute atomic E-state index is 0.176. The van der Waals surface area contributed by atoms with Crippen LogP contribution in [0.5, 0.6) is 0 Å². The average Bonchev–Trinajstić information content (AvgIpc) is 2.79. The number of nitrogens with zero attached hydrogens (tertiary/aromatic N) is 4. The van der Waals surface area contributed by atoms with Gasteiger partial charge in [-0.05, 0) is 12.1 Å². The first-order valence-electron chi connectivity index (χ1n) is 5.18. The van der Waals surface area contributed by atoms with Crippen molar-refractivity contribution in [2.24, 2.45) is 0 Å². The van der Waals surface area contributed by atoms with Gasteiger partial charge >= 0.3 is 0 Å². The Bertz CT molecular complexity index is 735. The number of halogens is 1. The fraction of sp³-hybridized carbons (Fsp3) is 0. The molecule has 0 spiro atoms. The lowest BCUT2D eigenvalue weighted by atomic mass is 10.2. The minimum atomic E-state index is -0.395. The van der Waals surface area contributed by atoms with Crippen molar-refractivity contribution in [3.63, 3.8) is 0 Å². The van der Waals surface area contributed by atoms with Crippen molar-refractivity contribution in [1.29, 1.82) is 0 Å². The van der Waals surface area contributed by atoms with E-state index in [-0.39, 0.29) is 17.3 Å². The van der Waals surface area contributed by atoms with Gasteiger partial charge in [-0.25, -0.2) is 14.4 Å². The van der Waals surface area contributed by atoms with Crippen LogP contribution in [0.3, 0.4) is 0 Å². The van der Waals surface area contributed by atoms with Crippen LogP contribution >= 0.6 is 0 Å². The molecule has 0 fully saturated rings. The number of fused-ring (bicyclic) bond motifs is 1. The van der Waals surface area contributed by atoms with Crippen molar-refractivity contribution in [2.45, 2.75) is 0 Å². The molecule has 4 N–H and O–H groups in total. The number of anilines is 2. The molecule has 0 saturated heterocycles. The summed E-state index contributed by atoms with van der Waals surface area (Å²) in [6.07, 6.45) is 1.39. The first kappa shape index (κ1) is 10.5. The van der Waals surface area contributed by atoms with Gasteiger partial charge < -0.3 is 11.5 Å². The quantitative estimate of drug-likeness (QED) is 0.668. The highest BCUT2D eigenvalue weighted by Crippen LogP contribution is 2.22. The molecule has 6 nitrogen and oxygen atoms in total. The van der Waals surface area contributed by atoms with Gasteiger partial charge in [-0.1, -0.05) is 12.1 Å². The molecule has 3 rings (SSSR count). The van der Waals surface area contributed by atoms with Crippen LogP contribution in [0.25, 0.3) is 17.0 Å². The van der Waals surface area contributed by atoms with E-state index in [9.17, 15) is 4.39 Å². The molecule has 2 aromatic heterocycles. The van der Waals surface area contributed by atoms with E-state index in [1.807, 2.05) is 0 Å². The largest absolute Gasteiger partial charge is 0.393 e. The lowest BCUT2D eigenvalue weighted by molar-refractivity contribution is 0.630. The second-order valence-corrected chi connectivity index (χ2v) is 3.73. The summed E-state index contributed by atoms with van der Waals surface area (Å²) in [6, 6.07) is 6.25. The zero-order chi connectivity index (χ0) is 12.7. The molecule has 2 heterocycles. The van der Waals surface area contributed by atoms with Crippen LogP contribution in [0.4, 0.5) is 15.9 Å². The molecule has 0 bridgehead atoms. The normalized spacial score (nSPS) is 10.9. The number of hydrogen-bond donors (Lipinski definition) is 2. The predicted molar refractivity (Wildman–Crippen MR) is 65.0 cm³/mol. The molecule has 90 valence electrons. The Kier molecular flexibility index (Phi) is 2.12. The molecule has 18 heavy (non-hydrogen) atoms. The number of aromatic nitrogens is 4. The first-order valence-corrected chi connectivity index (χ1v) is 5.18. The lowest BCUT2D eigenvalue weighted by Gasteiger charge is -1.97. The maximum atomic E-state index is 13.6. The van der Waals surface area contributed by atoms with Gasteiger partial charge in [-0.3, -0.25) is 0 Å². The first-order chi connectivity index (χ1) is 8.66. The van der Waals surface area contributed by atoms with E-state index in [4.69, 9.17) is 11.5 Å². The van der Waals surface area contributed by atoms with E-state index < -0.39 is 5.82 Å². The molecule has 0 aliphatic carbocycles. The highest BCUT2D eigenvalue weighted by Gasteiger charge is 2.13. The third kappa shape index (κ3) is 1.45. The Morgan fingerprint density at radius 2 is 1.94 bits per heavy atom. The number of nitrogens with two attached hydrogens (primary N) is 2. The number of benzene rings is 1.